The minimum absolute atomic E-state index is 0.0340. The minimum Gasteiger partial charge on any atom is -0.206 e. The molecular weight excluding hydrogens is 172 g/mol. The smallest absolute Gasteiger partial charge is 0.141 e. The van der Waals surface area contributed by atoms with E-state index in [1.54, 1.807) is 6.07 Å². The monoisotopic (exact) mass is 177 g/mol. The average molecular weight is 177 g/mol. The minimum atomic E-state index is -0.703. The number of nitriles is 1. The summed E-state index contributed by atoms with van der Waals surface area (Å²) in [6.07, 6.45) is -0.0340. The number of benzene rings is 1. The molecule has 0 unspecified atom stereocenters. The van der Waals surface area contributed by atoms with E-state index in [-0.39, 0.29) is 12.0 Å². The number of halogens is 2. The van der Waals surface area contributed by atoms with E-state index in [0.29, 0.717) is 0 Å². The van der Waals surface area contributed by atoms with Crippen molar-refractivity contribution < 1.29 is 8.78 Å². The summed E-state index contributed by atoms with van der Waals surface area (Å²) < 4.78 is 25.7. The van der Waals surface area contributed by atoms with Crippen LogP contribution < -0.4 is 0 Å². The Kier molecular flexibility index (Phi) is 3.00. The lowest BCUT2D eigenvalue weighted by molar-refractivity contribution is 0.577. The van der Waals surface area contributed by atoms with Gasteiger partial charge in [-0.2, -0.15) is 5.26 Å². The van der Waals surface area contributed by atoms with Crippen molar-refractivity contribution in [2.24, 2.45) is 0 Å². The zero-order chi connectivity index (χ0) is 9.68. The second-order valence-electron chi connectivity index (χ2n) is 2.23. The SMILES string of the molecule is N#CCC#Cc1c(F)cccc1F. The maximum atomic E-state index is 12.9. The normalized spacial score (nSPS) is 8.38. The summed E-state index contributed by atoms with van der Waals surface area (Å²) >= 11 is 0. The van der Waals surface area contributed by atoms with E-state index in [1.807, 2.05) is 0 Å². The van der Waals surface area contributed by atoms with E-state index in [0.717, 1.165) is 12.1 Å². The predicted octanol–water partition coefficient (Wildman–Crippen LogP) is 2.23. The van der Waals surface area contributed by atoms with E-state index in [4.69, 9.17) is 5.26 Å². The quantitative estimate of drug-likeness (QED) is 0.557. The van der Waals surface area contributed by atoms with E-state index >= 15 is 0 Å². The molecule has 0 saturated heterocycles. The number of hydrogen-bond donors (Lipinski definition) is 0. The van der Waals surface area contributed by atoms with Gasteiger partial charge in [0.2, 0.25) is 0 Å². The van der Waals surface area contributed by atoms with Crippen LogP contribution in [0.25, 0.3) is 0 Å². The highest BCUT2D eigenvalue weighted by Gasteiger charge is 2.03. The lowest BCUT2D eigenvalue weighted by Crippen LogP contribution is -1.88. The molecule has 0 heterocycles. The van der Waals surface area contributed by atoms with E-state index in [1.165, 1.54) is 6.07 Å². The van der Waals surface area contributed by atoms with Gasteiger partial charge in [-0.15, -0.1) is 0 Å². The number of nitrogens with zero attached hydrogens (tertiary/aromatic N) is 1. The van der Waals surface area contributed by atoms with Gasteiger partial charge in [-0.3, -0.25) is 0 Å². The second kappa shape index (κ2) is 4.23. The van der Waals surface area contributed by atoms with Crippen LogP contribution in [0.2, 0.25) is 0 Å². The molecule has 1 aromatic rings. The Morgan fingerprint density at radius 2 is 1.85 bits per heavy atom. The molecular formula is C10H5F2N. The molecule has 0 amide bonds. The predicted molar refractivity (Wildman–Crippen MR) is 43.5 cm³/mol. The first-order chi connectivity index (χ1) is 6.25. The highest BCUT2D eigenvalue weighted by Crippen LogP contribution is 2.09. The second-order valence-corrected chi connectivity index (χ2v) is 2.23. The van der Waals surface area contributed by atoms with Crippen LogP contribution in [0.5, 0.6) is 0 Å². The van der Waals surface area contributed by atoms with Crippen molar-refractivity contribution in [3.63, 3.8) is 0 Å². The third-order valence-corrected chi connectivity index (χ3v) is 1.34. The molecule has 0 N–H and O–H groups in total. The first-order valence-corrected chi connectivity index (χ1v) is 3.55. The van der Waals surface area contributed by atoms with Crippen molar-refractivity contribution in [2.75, 3.05) is 0 Å². The van der Waals surface area contributed by atoms with Gasteiger partial charge in [-0.1, -0.05) is 17.9 Å². The number of rotatable bonds is 0. The molecule has 1 rings (SSSR count). The third-order valence-electron chi connectivity index (χ3n) is 1.34. The summed E-state index contributed by atoms with van der Waals surface area (Å²) in [5, 5.41) is 8.14. The molecule has 0 fully saturated rings. The fourth-order valence-corrected chi connectivity index (χ4v) is 0.789. The van der Waals surface area contributed by atoms with Gasteiger partial charge < -0.3 is 0 Å². The van der Waals surface area contributed by atoms with Crippen LogP contribution in [-0.4, -0.2) is 0 Å². The average Bonchev–Trinajstić information content (AvgIpc) is 2.10. The van der Waals surface area contributed by atoms with Crippen molar-refractivity contribution >= 4 is 0 Å². The van der Waals surface area contributed by atoms with Gasteiger partial charge in [0.05, 0.1) is 18.1 Å². The Hall–Kier alpha value is -1.87. The molecule has 0 aliphatic heterocycles. The van der Waals surface area contributed by atoms with Crippen LogP contribution >= 0.6 is 0 Å². The van der Waals surface area contributed by atoms with Crippen LogP contribution in [-0.2, 0) is 0 Å². The summed E-state index contributed by atoms with van der Waals surface area (Å²) in [5.41, 5.74) is -0.280. The Balaban J connectivity index is 3.03. The van der Waals surface area contributed by atoms with Gasteiger partial charge in [-0.05, 0) is 12.1 Å². The molecule has 3 heteroatoms. The first kappa shape index (κ1) is 9.22. The third kappa shape index (κ3) is 2.28. The van der Waals surface area contributed by atoms with Crippen molar-refractivity contribution in [3.8, 4) is 17.9 Å². The standard InChI is InChI=1S/C10H5F2N/c11-9-5-3-6-10(12)8(9)4-1-2-7-13/h3,5-6H,2H2. The van der Waals surface area contributed by atoms with Crippen molar-refractivity contribution in [1.82, 2.24) is 0 Å². The molecule has 0 saturated carbocycles. The van der Waals surface area contributed by atoms with Crippen molar-refractivity contribution in [2.45, 2.75) is 6.42 Å². The van der Waals surface area contributed by atoms with Crippen LogP contribution in [0.4, 0.5) is 8.78 Å². The molecule has 0 aromatic heterocycles. The van der Waals surface area contributed by atoms with Crippen molar-refractivity contribution in [3.05, 3.63) is 35.4 Å². The highest BCUT2D eigenvalue weighted by molar-refractivity contribution is 5.36. The molecule has 64 valence electrons. The maximum absolute atomic E-state index is 12.9. The topological polar surface area (TPSA) is 23.8 Å². The number of hydrogen-bond acceptors (Lipinski definition) is 1. The zero-order valence-electron chi connectivity index (χ0n) is 6.64. The zero-order valence-corrected chi connectivity index (χ0v) is 6.64. The molecule has 0 bridgehead atoms. The molecule has 0 spiro atoms. The molecule has 1 aromatic carbocycles. The summed E-state index contributed by atoms with van der Waals surface area (Å²) in [4.78, 5) is 0. The first-order valence-electron chi connectivity index (χ1n) is 3.55. The molecule has 0 aliphatic carbocycles. The van der Waals surface area contributed by atoms with E-state index in [2.05, 4.69) is 11.8 Å². The Bertz CT molecular complexity index is 387. The largest absolute Gasteiger partial charge is 0.206 e. The summed E-state index contributed by atoms with van der Waals surface area (Å²) in [6.45, 7) is 0. The van der Waals surface area contributed by atoms with Gasteiger partial charge >= 0.3 is 0 Å². The summed E-state index contributed by atoms with van der Waals surface area (Å²) in [6, 6.07) is 5.27. The Morgan fingerprint density at radius 3 is 2.38 bits per heavy atom. The Labute approximate surface area is 74.6 Å². The molecule has 0 atom stereocenters. The van der Waals surface area contributed by atoms with Crippen molar-refractivity contribution in [1.29, 1.82) is 5.26 Å². The summed E-state index contributed by atoms with van der Waals surface area (Å²) in [7, 11) is 0. The molecule has 0 aliphatic rings. The lowest BCUT2D eigenvalue weighted by Gasteiger charge is -1.94. The Morgan fingerprint density at radius 1 is 1.23 bits per heavy atom. The van der Waals surface area contributed by atoms with Crippen LogP contribution in [0.1, 0.15) is 12.0 Å². The fourth-order valence-electron chi connectivity index (χ4n) is 0.789. The van der Waals surface area contributed by atoms with Gasteiger partial charge in [0.1, 0.15) is 11.6 Å². The highest BCUT2D eigenvalue weighted by atomic mass is 19.1. The van der Waals surface area contributed by atoms with Crippen LogP contribution in [0, 0.1) is 34.8 Å². The molecule has 13 heavy (non-hydrogen) atoms. The van der Waals surface area contributed by atoms with Gasteiger partial charge in [-0.25, -0.2) is 8.78 Å². The summed E-state index contributed by atoms with van der Waals surface area (Å²) in [5.74, 6) is 3.19. The molecule has 0 radical (unpaired) electrons. The van der Waals surface area contributed by atoms with Gasteiger partial charge in [0, 0.05) is 0 Å². The lowest BCUT2D eigenvalue weighted by atomic mass is 10.2. The van der Waals surface area contributed by atoms with Crippen LogP contribution in [0.3, 0.4) is 0 Å². The fraction of sp³-hybridized carbons (Fsp3) is 0.100. The van der Waals surface area contributed by atoms with E-state index < -0.39 is 11.6 Å². The van der Waals surface area contributed by atoms with Crippen LogP contribution in [0.15, 0.2) is 18.2 Å². The van der Waals surface area contributed by atoms with Gasteiger partial charge in [0.15, 0.2) is 0 Å². The van der Waals surface area contributed by atoms with Gasteiger partial charge in [0.25, 0.3) is 0 Å². The maximum Gasteiger partial charge on any atom is 0.141 e. The van der Waals surface area contributed by atoms with E-state index in [9.17, 15) is 8.78 Å². The molecule has 1 nitrogen and oxygen atoms in total.